The predicted octanol–water partition coefficient (Wildman–Crippen LogP) is 1.84. The Balaban J connectivity index is 2.62. The van der Waals surface area contributed by atoms with E-state index in [1.165, 1.54) is 6.92 Å². The monoisotopic (exact) mass is 274 g/mol. The molecule has 0 atom stereocenters. The molecule has 0 aliphatic carbocycles. The lowest BCUT2D eigenvalue weighted by Gasteiger charge is -2.19. The van der Waals surface area contributed by atoms with Crippen LogP contribution >= 0.6 is 0 Å². The summed E-state index contributed by atoms with van der Waals surface area (Å²) in [6, 6.07) is 7.31. The van der Waals surface area contributed by atoms with Crippen molar-refractivity contribution in [2.45, 2.75) is 33.1 Å². The standard InChI is InChI=1S/C15H18N2O3/c1-9-12(18)16-14(20)17(13(9)19)11-7-5-10(6-8-11)15(2,3)4/h5-8,19H,1-4H3,(H,16,18,20). The molecule has 0 saturated heterocycles. The van der Waals surface area contributed by atoms with Crippen LogP contribution in [0.15, 0.2) is 33.9 Å². The summed E-state index contributed by atoms with van der Waals surface area (Å²) in [6.45, 7) is 7.75. The van der Waals surface area contributed by atoms with Gasteiger partial charge in [-0.3, -0.25) is 9.78 Å². The van der Waals surface area contributed by atoms with Gasteiger partial charge in [-0.15, -0.1) is 0 Å². The van der Waals surface area contributed by atoms with Crippen LogP contribution in [0, 0.1) is 6.92 Å². The van der Waals surface area contributed by atoms with Crippen molar-refractivity contribution in [3.05, 3.63) is 56.2 Å². The molecular formula is C15H18N2O3. The van der Waals surface area contributed by atoms with E-state index in [0.29, 0.717) is 5.69 Å². The number of aromatic hydroxyl groups is 1. The van der Waals surface area contributed by atoms with Crippen molar-refractivity contribution in [1.29, 1.82) is 0 Å². The lowest BCUT2D eigenvalue weighted by atomic mass is 9.87. The molecule has 0 amide bonds. The Morgan fingerprint density at radius 3 is 2.15 bits per heavy atom. The molecule has 5 heteroatoms. The summed E-state index contributed by atoms with van der Waals surface area (Å²) in [5.41, 5.74) is 0.530. The molecule has 0 bridgehead atoms. The second-order valence-electron chi connectivity index (χ2n) is 5.84. The number of hydrogen-bond donors (Lipinski definition) is 2. The van der Waals surface area contributed by atoms with Crippen LogP contribution in [0.5, 0.6) is 5.88 Å². The van der Waals surface area contributed by atoms with Gasteiger partial charge >= 0.3 is 5.69 Å². The van der Waals surface area contributed by atoms with Crippen molar-refractivity contribution in [3.63, 3.8) is 0 Å². The quantitative estimate of drug-likeness (QED) is 0.833. The molecule has 20 heavy (non-hydrogen) atoms. The van der Waals surface area contributed by atoms with Crippen LogP contribution in [0.2, 0.25) is 0 Å². The van der Waals surface area contributed by atoms with E-state index in [-0.39, 0.29) is 16.9 Å². The molecule has 1 aromatic heterocycles. The Kier molecular flexibility index (Phi) is 3.29. The fourth-order valence-electron chi connectivity index (χ4n) is 1.96. The molecule has 0 aliphatic rings. The minimum absolute atomic E-state index is 0.00640. The zero-order chi connectivity index (χ0) is 15.1. The number of aromatic amines is 1. The van der Waals surface area contributed by atoms with Gasteiger partial charge in [0.1, 0.15) is 0 Å². The third kappa shape index (κ3) is 2.39. The molecule has 0 aliphatic heterocycles. The Morgan fingerprint density at radius 2 is 1.65 bits per heavy atom. The first-order valence-corrected chi connectivity index (χ1v) is 6.37. The fourth-order valence-corrected chi connectivity index (χ4v) is 1.96. The van der Waals surface area contributed by atoms with E-state index >= 15 is 0 Å². The molecule has 0 radical (unpaired) electrons. The zero-order valence-electron chi connectivity index (χ0n) is 12.0. The molecule has 2 rings (SSSR count). The van der Waals surface area contributed by atoms with Crippen molar-refractivity contribution in [2.24, 2.45) is 0 Å². The average molecular weight is 274 g/mol. The van der Waals surface area contributed by atoms with Gasteiger partial charge < -0.3 is 5.11 Å². The van der Waals surface area contributed by atoms with Gasteiger partial charge in [0.2, 0.25) is 5.88 Å². The lowest BCUT2D eigenvalue weighted by Crippen LogP contribution is -2.30. The van der Waals surface area contributed by atoms with Crippen LogP contribution < -0.4 is 11.2 Å². The zero-order valence-corrected chi connectivity index (χ0v) is 12.0. The summed E-state index contributed by atoms with van der Waals surface area (Å²) >= 11 is 0. The maximum Gasteiger partial charge on any atom is 0.335 e. The largest absolute Gasteiger partial charge is 0.494 e. The molecule has 0 fully saturated rings. The van der Waals surface area contributed by atoms with Crippen molar-refractivity contribution in [2.75, 3.05) is 0 Å². The Labute approximate surface area is 116 Å². The highest BCUT2D eigenvalue weighted by Crippen LogP contribution is 2.24. The van der Waals surface area contributed by atoms with Crippen molar-refractivity contribution in [3.8, 4) is 11.6 Å². The van der Waals surface area contributed by atoms with E-state index in [0.717, 1.165) is 10.1 Å². The second-order valence-corrected chi connectivity index (χ2v) is 5.84. The molecule has 1 heterocycles. The first-order valence-electron chi connectivity index (χ1n) is 6.37. The number of H-pyrrole nitrogens is 1. The average Bonchev–Trinajstić information content (AvgIpc) is 2.36. The molecular weight excluding hydrogens is 256 g/mol. The van der Waals surface area contributed by atoms with Gasteiger partial charge in [0, 0.05) is 0 Å². The van der Waals surface area contributed by atoms with Gasteiger partial charge in [-0.05, 0) is 30.0 Å². The molecule has 0 unspecified atom stereocenters. The summed E-state index contributed by atoms with van der Waals surface area (Å²) in [5, 5.41) is 9.98. The second kappa shape index (κ2) is 4.67. The number of benzene rings is 1. The summed E-state index contributed by atoms with van der Waals surface area (Å²) in [7, 11) is 0. The summed E-state index contributed by atoms with van der Waals surface area (Å²) in [6.07, 6.45) is 0. The number of rotatable bonds is 1. The Hall–Kier alpha value is -2.30. The topological polar surface area (TPSA) is 75.1 Å². The summed E-state index contributed by atoms with van der Waals surface area (Å²) in [4.78, 5) is 25.4. The van der Waals surface area contributed by atoms with Crippen LogP contribution in [0.3, 0.4) is 0 Å². The van der Waals surface area contributed by atoms with Crippen molar-refractivity contribution < 1.29 is 5.11 Å². The summed E-state index contributed by atoms with van der Waals surface area (Å²) < 4.78 is 1.09. The van der Waals surface area contributed by atoms with Gasteiger partial charge in [0.25, 0.3) is 5.56 Å². The molecule has 2 N–H and O–H groups in total. The van der Waals surface area contributed by atoms with Crippen LogP contribution in [0.25, 0.3) is 5.69 Å². The van der Waals surface area contributed by atoms with Gasteiger partial charge in [0.05, 0.1) is 11.3 Å². The van der Waals surface area contributed by atoms with Crippen molar-refractivity contribution in [1.82, 2.24) is 9.55 Å². The molecule has 106 valence electrons. The van der Waals surface area contributed by atoms with Gasteiger partial charge in [-0.2, -0.15) is 0 Å². The van der Waals surface area contributed by atoms with E-state index in [9.17, 15) is 14.7 Å². The molecule has 5 nitrogen and oxygen atoms in total. The van der Waals surface area contributed by atoms with E-state index in [2.05, 4.69) is 25.8 Å². The number of nitrogens with one attached hydrogen (secondary N) is 1. The maximum absolute atomic E-state index is 11.8. The fraction of sp³-hybridized carbons (Fsp3) is 0.333. The molecule has 2 aromatic rings. The highest BCUT2D eigenvalue weighted by molar-refractivity contribution is 5.40. The van der Waals surface area contributed by atoms with Crippen LogP contribution in [-0.4, -0.2) is 14.7 Å². The molecule has 0 spiro atoms. The van der Waals surface area contributed by atoms with E-state index in [1.807, 2.05) is 12.1 Å². The van der Waals surface area contributed by atoms with E-state index in [1.54, 1.807) is 12.1 Å². The van der Waals surface area contributed by atoms with Gasteiger partial charge in [0.15, 0.2) is 0 Å². The third-order valence-corrected chi connectivity index (χ3v) is 3.30. The van der Waals surface area contributed by atoms with Crippen LogP contribution in [0.4, 0.5) is 0 Å². The Morgan fingerprint density at radius 1 is 1.10 bits per heavy atom. The number of nitrogens with zero attached hydrogens (tertiary/aromatic N) is 1. The number of aromatic nitrogens is 2. The summed E-state index contributed by atoms with van der Waals surface area (Å²) in [5.74, 6) is -0.331. The lowest BCUT2D eigenvalue weighted by molar-refractivity contribution is 0.426. The van der Waals surface area contributed by atoms with E-state index in [4.69, 9.17) is 0 Å². The van der Waals surface area contributed by atoms with Crippen LogP contribution in [-0.2, 0) is 5.41 Å². The van der Waals surface area contributed by atoms with Gasteiger partial charge in [-0.25, -0.2) is 9.36 Å². The minimum atomic E-state index is -0.651. The van der Waals surface area contributed by atoms with Crippen LogP contribution in [0.1, 0.15) is 31.9 Å². The first-order chi connectivity index (χ1) is 9.21. The first kappa shape index (κ1) is 14.1. The minimum Gasteiger partial charge on any atom is -0.494 e. The van der Waals surface area contributed by atoms with Gasteiger partial charge in [-0.1, -0.05) is 32.9 Å². The number of hydrogen-bond acceptors (Lipinski definition) is 3. The Bertz CT molecular complexity index is 747. The van der Waals surface area contributed by atoms with E-state index < -0.39 is 11.2 Å². The molecule has 0 saturated carbocycles. The smallest absolute Gasteiger partial charge is 0.335 e. The highest BCUT2D eigenvalue weighted by Gasteiger charge is 2.15. The molecule has 1 aromatic carbocycles. The van der Waals surface area contributed by atoms with Crippen molar-refractivity contribution >= 4 is 0 Å². The third-order valence-electron chi connectivity index (χ3n) is 3.30. The normalized spacial score (nSPS) is 11.6. The SMILES string of the molecule is Cc1c(O)n(-c2ccc(C(C)(C)C)cc2)c(=O)[nH]c1=O. The highest BCUT2D eigenvalue weighted by atomic mass is 16.3. The maximum atomic E-state index is 11.8. The predicted molar refractivity (Wildman–Crippen MR) is 77.8 cm³/mol.